The summed E-state index contributed by atoms with van der Waals surface area (Å²) in [5.41, 5.74) is 3.41. The maximum absolute atomic E-state index is 13.8. The molecule has 0 saturated carbocycles. The van der Waals surface area contributed by atoms with E-state index in [0.29, 0.717) is 24.3 Å². The van der Waals surface area contributed by atoms with Crippen LogP contribution in [0.25, 0.3) is 0 Å². The van der Waals surface area contributed by atoms with Crippen LogP contribution in [-0.4, -0.2) is 16.0 Å². The lowest BCUT2D eigenvalue weighted by Crippen LogP contribution is -2.33. The standard InChI is InChI=1S/C29H26FNO3/c30-26-13-7-10-24(18-26)20-31(28(29(32)33)25-11-5-2-6-12-25)19-22-14-16-27(17-15-22)34-21-23-8-3-1-4-9-23/h1-18,28H,19-21H2,(H,32,33)/t28-/m0/s1. The molecule has 0 saturated heterocycles. The van der Waals surface area contributed by atoms with Crippen molar-refractivity contribution in [1.29, 1.82) is 0 Å². The van der Waals surface area contributed by atoms with E-state index >= 15 is 0 Å². The van der Waals surface area contributed by atoms with E-state index in [4.69, 9.17) is 4.74 Å². The second-order valence-electron chi connectivity index (χ2n) is 8.10. The molecule has 5 heteroatoms. The zero-order valence-corrected chi connectivity index (χ0v) is 18.7. The predicted octanol–water partition coefficient (Wildman–Crippen LogP) is 6.23. The smallest absolute Gasteiger partial charge is 0.325 e. The Balaban J connectivity index is 1.54. The molecule has 0 fully saturated rings. The van der Waals surface area contributed by atoms with Crippen LogP contribution in [0.2, 0.25) is 0 Å². The molecule has 1 N–H and O–H groups in total. The van der Waals surface area contributed by atoms with Gasteiger partial charge in [-0.3, -0.25) is 9.69 Å². The molecule has 0 aliphatic rings. The van der Waals surface area contributed by atoms with Crippen molar-refractivity contribution < 1.29 is 19.0 Å². The number of carbonyl (C=O) groups is 1. The average molecular weight is 456 g/mol. The van der Waals surface area contributed by atoms with Gasteiger partial charge in [-0.2, -0.15) is 0 Å². The van der Waals surface area contributed by atoms with Crippen LogP contribution in [0.3, 0.4) is 0 Å². The van der Waals surface area contributed by atoms with Gasteiger partial charge in [0.15, 0.2) is 0 Å². The summed E-state index contributed by atoms with van der Waals surface area (Å²) in [5.74, 6) is -0.559. The van der Waals surface area contributed by atoms with Gasteiger partial charge in [-0.1, -0.05) is 84.9 Å². The number of rotatable bonds is 10. The summed E-state index contributed by atoms with van der Waals surface area (Å²) in [6.45, 7) is 1.14. The van der Waals surface area contributed by atoms with Crippen LogP contribution in [0.15, 0.2) is 109 Å². The lowest BCUT2D eigenvalue weighted by atomic mass is 10.0. The van der Waals surface area contributed by atoms with Gasteiger partial charge < -0.3 is 9.84 Å². The third-order valence-electron chi connectivity index (χ3n) is 5.55. The van der Waals surface area contributed by atoms with E-state index in [2.05, 4.69) is 0 Å². The highest BCUT2D eigenvalue weighted by atomic mass is 19.1. The fourth-order valence-electron chi connectivity index (χ4n) is 3.92. The normalized spacial score (nSPS) is 11.8. The minimum absolute atomic E-state index is 0.288. The first-order chi connectivity index (χ1) is 16.6. The quantitative estimate of drug-likeness (QED) is 0.308. The highest BCUT2D eigenvalue weighted by Gasteiger charge is 2.27. The molecule has 1 atom stereocenters. The highest BCUT2D eigenvalue weighted by Crippen LogP contribution is 2.26. The number of hydrogen-bond donors (Lipinski definition) is 1. The van der Waals surface area contributed by atoms with Crippen LogP contribution in [0.1, 0.15) is 28.3 Å². The molecule has 4 rings (SSSR count). The van der Waals surface area contributed by atoms with Crippen LogP contribution in [-0.2, 0) is 24.5 Å². The van der Waals surface area contributed by atoms with Gasteiger partial charge in [0.1, 0.15) is 24.2 Å². The second kappa shape index (κ2) is 11.3. The Labute approximate surface area is 198 Å². The Bertz CT molecular complexity index is 1200. The highest BCUT2D eigenvalue weighted by molar-refractivity contribution is 5.75. The van der Waals surface area contributed by atoms with Gasteiger partial charge in [0.25, 0.3) is 0 Å². The van der Waals surface area contributed by atoms with E-state index in [-0.39, 0.29) is 12.4 Å². The molecule has 0 aliphatic heterocycles. The van der Waals surface area contributed by atoms with Crippen LogP contribution in [0.4, 0.5) is 4.39 Å². The third-order valence-corrected chi connectivity index (χ3v) is 5.55. The van der Waals surface area contributed by atoms with E-state index in [0.717, 1.165) is 16.9 Å². The molecule has 0 unspecified atom stereocenters. The Hall–Kier alpha value is -3.96. The van der Waals surface area contributed by atoms with Crippen LogP contribution in [0, 0.1) is 5.82 Å². The number of carboxylic acids is 1. The molecule has 172 valence electrons. The number of benzene rings is 4. The van der Waals surface area contributed by atoms with Crippen molar-refractivity contribution in [3.8, 4) is 5.75 Å². The van der Waals surface area contributed by atoms with Gasteiger partial charge in [-0.25, -0.2) is 4.39 Å². The fourth-order valence-corrected chi connectivity index (χ4v) is 3.92. The molecule has 0 amide bonds. The first kappa shape index (κ1) is 23.2. The van der Waals surface area contributed by atoms with E-state index in [1.165, 1.54) is 12.1 Å². The van der Waals surface area contributed by atoms with Gasteiger partial charge in [0, 0.05) is 13.1 Å². The van der Waals surface area contributed by atoms with Gasteiger partial charge in [-0.15, -0.1) is 0 Å². The molecular formula is C29H26FNO3. The van der Waals surface area contributed by atoms with E-state index in [1.807, 2.05) is 77.7 Å². The Kier molecular flexibility index (Phi) is 7.68. The van der Waals surface area contributed by atoms with Crippen molar-refractivity contribution in [2.24, 2.45) is 0 Å². The number of ether oxygens (including phenoxy) is 1. The number of carboxylic acid groups (broad SMARTS) is 1. The minimum atomic E-state index is -0.953. The Morgan fingerprint density at radius 2 is 1.38 bits per heavy atom. The van der Waals surface area contributed by atoms with Crippen LogP contribution >= 0.6 is 0 Å². The average Bonchev–Trinajstić information content (AvgIpc) is 2.85. The zero-order chi connectivity index (χ0) is 23.8. The largest absolute Gasteiger partial charge is 0.489 e. The maximum atomic E-state index is 13.8. The molecule has 0 bridgehead atoms. The van der Waals surface area contributed by atoms with Crippen molar-refractivity contribution >= 4 is 5.97 Å². The molecule has 0 spiro atoms. The Morgan fingerprint density at radius 3 is 2.03 bits per heavy atom. The first-order valence-corrected chi connectivity index (χ1v) is 11.1. The van der Waals surface area contributed by atoms with Gasteiger partial charge in [0.2, 0.25) is 0 Å². The lowest BCUT2D eigenvalue weighted by molar-refractivity contribution is -0.144. The van der Waals surface area contributed by atoms with E-state index in [1.54, 1.807) is 24.3 Å². The van der Waals surface area contributed by atoms with Crippen molar-refractivity contribution in [1.82, 2.24) is 4.90 Å². The number of nitrogens with zero attached hydrogens (tertiary/aromatic N) is 1. The molecule has 4 aromatic carbocycles. The molecule has 0 heterocycles. The van der Waals surface area contributed by atoms with Crippen molar-refractivity contribution in [2.75, 3.05) is 0 Å². The van der Waals surface area contributed by atoms with Crippen LogP contribution in [0.5, 0.6) is 5.75 Å². The van der Waals surface area contributed by atoms with Crippen LogP contribution < -0.4 is 4.74 Å². The summed E-state index contributed by atoms with van der Waals surface area (Å²) in [6.07, 6.45) is 0. The van der Waals surface area contributed by atoms with Crippen molar-refractivity contribution in [3.63, 3.8) is 0 Å². The number of halogens is 1. The monoisotopic (exact) mass is 455 g/mol. The summed E-state index contributed by atoms with van der Waals surface area (Å²) in [6, 6.07) is 32.1. The second-order valence-corrected chi connectivity index (χ2v) is 8.10. The molecule has 0 aromatic heterocycles. The summed E-state index contributed by atoms with van der Waals surface area (Å²) in [7, 11) is 0. The summed E-state index contributed by atoms with van der Waals surface area (Å²) in [5, 5.41) is 10.1. The van der Waals surface area contributed by atoms with Gasteiger partial charge in [-0.05, 0) is 46.5 Å². The first-order valence-electron chi connectivity index (χ1n) is 11.1. The third kappa shape index (κ3) is 6.30. The van der Waals surface area contributed by atoms with Gasteiger partial charge in [0.05, 0.1) is 0 Å². The Morgan fingerprint density at radius 1 is 0.765 bits per heavy atom. The summed E-state index contributed by atoms with van der Waals surface area (Å²) >= 11 is 0. The summed E-state index contributed by atoms with van der Waals surface area (Å²) in [4.78, 5) is 14.2. The molecule has 34 heavy (non-hydrogen) atoms. The number of hydrogen-bond acceptors (Lipinski definition) is 3. The minimum Gasteiger partial charge on any atom is -0.489 e. The fraction of sp³-hybridized carbons (Fsp3) is 0.138. The molecule has 4 aromatic rings. The molecule has 0 aliphatic carbocycles. The van der Waals surface area contributed by atoms with Gasteiger partial charge >= 0.3 is 5.97 Å². The van der Waals surface area contributed by atoms with E-state index in [9.17, 15) is 14.3 Å². The molecular weight excluding hydrogens is 429 g/mol. The molecule has 4 nitrogen and oxygen atoms in total. The molecule has 0 radical (unpaired) electrons. The summed E-state index contributed by atoms with van der Waals surface area (Å²) < 4.78 is 19.7. The zero-order valence-electron chi connectivity index (χ0n) is 18.7. The van der Waals surface area contributed by atoms with E-state index < -0.39 is 12.0 Å². The predicted molar refractivity (Wildman–Crippen MR) is 130 cm³/mol. The van der Waals surface area contributed by atoms with Crippen molar-refractivity contribution in [3.05, 3.63) is 137 Å². The maximum Gasteiger partial charge on any atom is 0.325 e. The van der Waals surface area contributed by atoms with Crippen molar-refractivity contribution in [2.45, 2.75) is 25.7 Å². The lowest BCUT2D eigenvalue weighted by Gasteiger charge is -2.29. The topological polar surface area (TPSA) is 49.8 Å². The number of aliphatic carboxylic acids is 1. The SMILES string of the molecule is O=C(O)[C@H](c1ccccc1)N(Cc1ccc(OCc2ccccc2)cc1)Cc1cccc(F)c1.